The van der Waals surface area contributed by atoms with Crippen molar-refractivity contribution in [3.8, 4) is 5.88 Å². The van der Waals surface area contributed by atoms with Crippen LogP contribution in [-0.2, 0) is 13.6 Å². The SMILES string of the molecule is COc1c(CNC(c2ccc(C)cc2)C2CC2)c(C(C)C)nn1C. The molecule has 1 aliphatic rings. The van der Waals surface area contributed by atoms with Crippen molar-refractivity contribution in [2.75, 3.05) is 7.11 Å². The van der Waals surface area contributed by atoms with E-state index in [-0.39, 0.29) is 0 Å². The van der Waals surface area contributed by atoms with Crippen LogP contribution in [0.1, 0.15) is 61.0 Å². The monoisotopic (exact) mass is 327 g/mol. The Morgan fingerprint density at radius 1 is 1.25 bits per heavy atom. The predicted octanol–water partition coefficient (Wildman–Crippen LogP) is 4.10. The first-order chi connectivity index (χ1) is 11.5. The maximum absolute atomic E-state index is 5.60. The highest BCUT2D eigenvalue weighted by Gasteiger charge is 2.32. The van der Waals surface area contributed by atoms with Crippen molar-refractivity contribution >= 4 is 0 Å². The van der Waals surface area contributed by atoms with Crippen LogP contribution in [0.25, 0.3) is 0 Å². The Morgan fingerprint density at radius 2 is 1.92 bits per heavy atom. The number of nitrogens with one attached hydrogen (secondary N) is 1. The highest BCUT2D eigenvalue weighted by atomic mass is 16.5. The second-order valence-corrected chi connectivity index (χ2v) is 7.26. The summed E-state index contributed by atoms with van der Waals surface area (Å²) in [4.78, 5) is 0. The first-order valence-electron chi connectivity index (χ1n) is 8.91. The van der Waals surface area contributed by atoms with E-state index in [0.29, 0.717) is 12.0 Å². The van der Waals surface area contributed by atoms with Gasteiger partial charge in [0.15, 0.2) is 0 Å². The van der Waals surface area contributed by atoms with E-state index in [1.807, 2.05) is 11.7 Å². The van der Waals surface area contributed by atoms with Crippen LogP contribution in [0.2, 0.25) is 0 Å². The molecular formula is C20H29N3O. The second kappa shape index (κ2) is 6.98. The van der Waals surface area contributed by atoms with Gasteiger partial charge in [0.25, 0.3) is 0 Å². The van der Waals surface area contributed by atoms with Crippen LogP contribution in [0.15, 0.2) is 24.3 Å². The summed E-state index contributed by atoms with van der Waals surface area (Å²) in [6, 6.07) is 9.34. The first kappa shape index (κ1) is 17.0. The summed E-state index contributed by atoms with van der Waals surface area (Å²) >= 11 is 0. The molecule has 1 unspecified atom stereocenters. The van der Waals surface area contributed by atoms with Gasteiger partial charge in [-0.2, -0.15) is 5.10 Å². The van der Waals surface area contributed by atoms with Gasteiger partial charge in [-0.05, 0) is 37.2 Å². The number of nitrogens with zero attached hydrogens (tertiary/aromatic N) is 2. The summed E-state index contributed by atoms with van der Waals surface area (Å²) in [5, 5.41) is 8.44. The smallest absolute Gasteiger partial charge is 0.216 e. The van der Waals surface area contributed by atoms with E-state index in [4.69, 9.17) is 4.74 Å². The Morgan fingerprint density at radius 3 is 2.46 bits per heavy atom. The molecule has 24 heavy (non-hydrogen) atoms. The molecule has 1 aromatic heterocycles. The molecule has 4 heteroatoms. The fourth-order valence-corrected chi connectivity index (χ4v) is 3.43. The minimum Gasteiger partial charge on any atom is -0.481 e. The Hall–Kier alpha value is -1.81. The molecule has 1 fully saturated rings. The van der Waals surface area contributed by atoms with Crippen molar-refractivity contribution in [2.24, 2.45) is 13.0 Å². The van der Waals surface area contributed by atoms with Crippen molar-refractivity contribution in [2.45, 2.75) is 52.1 Å². The molecule has 0 amide bonds. The van der Waals surface area contributed by atoms with Crippen LogP contribution >= 0.6 is 0 Å². The van der Waals surface area contributed by atoms with Crippen LogP contribution in [0.5, 0.6) is 5.88 Å². The van der Waals surface area contributed by atoms with Gasteiger partial charge in [-0.1, -0.05) is 43.7 Å². The summed E-state index contributed by atoms with van der Waals surface area (Å²) in [5.41, 5.74) is 5.01. The summed E-state index contributed by atoms with van der Waals surface area (Å²) < 4.78 is 7.45. The lowest BCUT2D eigenvalue weighted by atomic mass is 10.00. The van der Waals surface area contributed by atoms with Gasteiger partial charge in [-0.3, -0.25) is 0 Å². The standard InChI is InChI=1S/C20H29N3O/c1-13(2)18-17(20(24-5)23(4)22-18)12-21-19(16-10-11-16)15-8-6-14(3)7-9-15/h6-9,13,16,19,21H,10-12H2,1-5H3. The zero-order chi connectivity index (χ0) is 17.3. The van der Waals surface area contributed by atoms with Crippen molar-refractivity contribution in [3.05, 3.63) is 46.6 Å². The largest absolute Gasteiger partial charge is 0.481 e. The zero-order valence-corrected chi connectivity index (χ0v) is 15.5. The van der Waals surface area contributed by atoms with Crippen molar-refractivity contribution in [3.63, 3.8) is 0 Å². The maximum Gasteiger partial charge on any atom is 0.216 e. The highest BCUT2D eigenvalue weighted by molar-refractivity contribution is 5.34. The molecule has 1 saturated carbocycles. The number of aromatic nitrogens is 2. The van der Waals surface area contributed by atoms with Crippen LogP contribution in [0.4, 0.5) is 0 Å². The predicted molar refractivity (Wildman–Crippen MR) is 97.3 cm³/mol. The Labute approximate surface area is 145 Å². The van der Waals surface area contributed by atoms with E-state index in [0.717, 1.165) is 24.0 Å². The van der Waals surface area contributed by atoms with E-state index in [9.17, 15) is 0 Å². The van der Waals surface area contributed by atoms with Gasteiger partial charge in [0.05, 0.1) is 18.4 Å². The van der Waals surface area contributed by atoms with Crippen molar-refractivity contribution in [1.29, 1.82) is 0 Å². The minimum atomic E-state index is 0.385. The highest BCUT2D eigenvalue weighted by Crippen LogP contribution is 2.41. The fourth-order valence-electron chi connectivity index (χ4n) is 3.43. The zero-order valence-electron chi connectivity index (χ0n) is 15.5. The Kier molecular flexibility index (Phi) is 4.95. The molecule has 130 valence electrons. The molecule has 3 rings (SSSR count). The molecule has 0 radical (unpaired) electrons. The minimum absolute atomic E-state index is 0.385. The molecule has 2 aromatic rings. The number of hydrogen-bond acceptors (Lipinski definition) is 3. The lowest BCUT2D eigenvalue weighted by Gasteiger charge is -2.20. The summed E-state index contributed by atoms with van der Waals surface area (Å²) in [6.45, 7) is 7.30. The third kappa shape index (κ3) is 3.48. The molecule has 0 aliphatic heterocycles. The topological polar surface area (TPSA) is 39.1 Å². The lowest BCUT2D eigenvalue weighted by molar-refractivity contribution is 0.365. The van der Waals surface area contributed by atoms with Gasteiger partial charge in [0, 0.05) is 19.6 Å². The molecule has 0 bridgehead atoms. The molecule has 1 aromatic carbocycles. The van der Waals surface area contributed by atoms with E-state index in [2.05, 4.69) is 55.5 Å². The number of ether oxygens (including phenoxy) is 1. The summed E-state index contributed by atoms with van der Waals surface area (Å²) in [6.07, 6.45) is 2.62. The third-order valence-corrected chi connectivity index (χ3v) is 4.89. The number of benzene rings is 1. The molecule has 1 aliphatic carbocycles. The maximum atomic E-state index is 5.60. The molecule has 1 atom stereocenters. The van der Waals surface area contributed by atoms with Crippen molar-refractivity contribution in [1.82, 2.24) is 15.1 Å². The first-order valence-corrected chi connectivity index (χ1v) is 8.91. The Bertz CT molecular complexity index is 684. The summed E-state index contributed by atoms with van der Waals surface area (Å²) in [5.74, 6) is 2.00. The summed E-state index contributed by atoms with van der Waals surface area (Å²) in [7, 11) is 3.68. The van der Waals surface area contributed by atoms with Gasteiger partial charge >= 0.3 is 0 Å². The number of methoxy groups -OCH3 is 1. The molecule has 1 N–H and O–H groups in total. The average Bonchev–Trinajstić information content (AvgIpc) is 3.33. The normalized spacial score (nSPS) is 15.8. The van der Waals surface area contributed by atoms with Crippen molar-refractivity contribution < 1.29 is 4.74 Å². The average molecular weight is 327 g/mol. The fraction of sp³-hybridized carbons (Fsp3) is 0.550. The van der Waals surface area contributed by atoms with E-state index < -0.39 is 0 Å². The van der Waals surface area contributed by atoms with Crippen LogP contribution < -0.4 is 10.1 Å². The van der Waals surface area contributed by atoms with Gasteiger partial charge < -0.3 is 10.1 Å². The van der Waals surface area contributed by atoms with Crippen LogP contribution in [0.3, 0.4) is 0 Å². The number of rotatable bonds is 7. The van der Waals surface area contributed by atoms with Gasteiger partial charge in [-0.15, -0.1) is 0 Å². The van der Waals surface area contributed by atoms with Crippen LogP contribution in [-0.4, -0.2) is 16.9 Å². The van der Waals surface area contributed by atoms with E-state index in [1.54, 1.807) is 7.11 Å². The molecule has 4 nitrogen and oxygen atoms in total. The number of hydrogen-bond donors (Lipinski definition) is 1. The second-order valence-electron chi connectivity index (χ2n) is 7.26. The molecule has 1 heterocycles. The molecule has 0 saturated heterocycles. The van der Waals surface area contributed by atoms with Gasteiger partial charge in [0.2, 0.25) is 5.88 Å². The Balaban J connectivity index is 1.81. The lowest BCUT2D eigenvalue weighted by Crippen LogP contribution is -2.23. The van der Waals surface area contributed by atoms with E-state index in [1.165, 1.54) is 29.5 Å². The molecule has 0 spiro atoms. The molecular weight excluding hydrogens is 298 g/mol. The number of aryl methyl sites for hydroxylation is 2. The van der Waals surface area contributed by atoms with Crippen LogP contribution in [0, 0.1) is 12.8 Å². The third-order valence-electron chi connectivity index (χ3n) is 4.89. The van der Waals surface area contributed by atoms with E-state index >= 15 is 0 Å². The van der Waals surface area contributed by atoms with Gasteiger partial charge in [-0.25, -0.2) is 4.68 Å². The quantitative estimate of drug-likeness (QED) is 0.832. The van der Waals surface area contributed by atoms with Gasteiger partial charge in [0.1, 0.15) is 0 Å².